The van der Waals surface area contributed by atoms with Gasteiger partial charge in [0.15, 0.2) is 0 Å². The zero-order valence-corrected chi connectivity index (χ0v) is 18.8. The molecule has 1 saturated heterocycles. The van der Waals surface area contributed by atoms with Gasteiger partial charge in [0.05, 0.1) is 11.6 Å². The van der Waals surface area contributed by atoms with E-state index in [1.54, 1.807) is 24.8 Å². The zero-order chi connectivity index (χ0) is 24.6. The average Bonchev–Trinajstić information content (AvgIpc) is 2.80. The molecule has 0 saturated carbocycles. The molecule has 1 amide bonds. The van der Waals surface area contributed by atoms with E-state index in [9.17, 15) is 22.4 Å². The van der Waals surface area contributed by atoms with Crippen LogP contribution in [-0.4, -0.2) is 29.0 Å². The van der Waals surface area contributed by atoms with Gasteiger partial charge in [0.25, 0.3) is 5.91 Å². The number of fused-ring (bicyclic) bond motifs is 1. The minimum absolute atomic E-state index is 0.104. The van der Waals surface area contributed by atoms with E-state index in [1.807, 2.05) is 0 Å². The van der Waals surface area contributed by atoms with E-state index in [1.165, 1.54) is 24.3 Å². The van der Waals surface area contributed by atoms with Gasteiger partial charge < -0.3 is 16.0 Å². The SMILES string of the molecule is Cc1cc([C@@H](C)NC(=O)c2ccc3nc(C(F)(F)F)nc(N4CCCCC4)c3c2)c(F)cc1N. The van der Waals surface area contributed by atoms with Gasteiger partial charge in [-0.15, -0.1) is 0 Å². The van der Waals surface area contributed by atoms with Gasteiger partial charge in [0, 0.05) is 35.3 Å². The number of carbonyl (C=O) groups is 1. The molecular formula is C24H25F4N5O. The second-order valence-electron chi connectivity index (χ2n) is 8.57. The summed E-state index contributed by atoms with van der Waals surface area (Å²) in [7, 11) is 0. The van der Waals surface area contributed by atoms with Gasteiger partial charge in [0.2, 0.25) is 5.82 Å². The molecule has 2 heterocycles. The van der Waals surface area contributed by atoms with Crippen LogP contribution in [0.1, 0.15) is 59.5 Å². The van der Waals surface area contributed by atoms with Crippen LogP contribution in [-0.2, 0) is 6.18 Å². The van der Waals surface area contributed by atoms with E-state index in [4.69, 9.17) is 5.73 Å². The van der Waals surface area contributed by atoms with Crippen LogP contribution in [0.2, 0.25) is 0 Å². The Morgan fingerprint density at radius 2 is 1.82 bits per heavy atom. The van der Waals surface area contributed by atoms with Crippen LogP contribution in [0.3, 0.4) is 0 Å². The molecule has 1 aliphatic rings. The largest absolute Gasteiger partial charge is 0.451 e. The van der Waals surface area contributed by atoms with Gasteiger partial charge in [-0.2, -0.15) is 13.2 Å². The lowest BCUT2D eigenvalue weighted by atomic mass is 10.0. The topological polar surface area (TPSA) is 84.1 Å². The monoisotopic (exact) mass is 475 g/mol. The number of aryl methyl sites for hydroxylation is 1. The molecule has 0 spiro atoms. The van der Waals surface area contributed by atoms with E-state index in [2.05, 4.69) is 15.3 Å². The normalized spacial score (nSPS) is 15.4. The third kappa shape index (κ3) is 4.76. The average molecular weight is 475 g/mol. The van der Waals surface area contributed by atoms with Gasteiger partial charge in [-0.25, -0.2) is 14.4 Å². The number of aromatic nitrogens is 2. The molecule has 3 aromatic rings. The summed E-state index contributed by atoms with van der Waals surface area (Å²) in [4.78, 5) is 22.3. The molecule has 3 N–H and O–H groups in total. The summed E-state index contributed by atoms with van der Waals surface area (Å²) in [5.74, 6) is -2.07. The molecule has 0 unspecified atom stereocenters. The van der Waals surface area contributed by atoms with Crippen molar-refractivity contribution in [1.82, 2.24) is 15.3 Å². The Bertz CT molecular complexity index is 1240. The van der Waals surface area contributed by atoms with Crippen LogP contribution in [0.4, 0.5) is 29.1 Å². The maximum atomic E-state index is 14.4. The predicted octanol–water partition coefficient (Wildman–Crippen LogP) is 5.16. The van der Waals surface area contributed by atoms with Gasteiger partial charge in [-0.1, -0.05) is 0 Å². The lowest BCUT2D eigenvalue weighted by Gasteiger charge is -2.29. The number of nitrogens with one attached hydrogen (secondary N) is 1. The smallest absolute Gasteiger partial charge is 0.398 e. The molecule has 1 aliphatic heterocycles. The number of alkyl halides is 3. The van der Waals surface area contributed by atoms with Gasteiger partial charge >= 0.3 is 6.18 Å². The maximum absolute atomic E-state index is 14.4. The summed E-state index contributed by atoms with van der Waals surface area (Å²) in [5, 5.41) is 3.11. The fraction of sp³-hybridized carbons (Fsp3) is 0.375. The van der Waals surface area contributed by atoms with Crippen molar-refractivity contribution in [3.63, 3.8) is 0 Å². The Balaban J connectivity index is 1.69. The fourth-order valence-electron chi connectivity index (χ4n) is 4.14. The molecule has 34 heavy (non-hydrogen) atoms. The van der Waals surface area contributed by atoms with Gasteiger partial charge in [0.1, 0.15) is 11.6 Å². The highest BCUT2D eigenvalue weighted by atomic mass is 19.4. The molecule has 180 valence electrons. The number of rotatable bonds is 4. The Kier molecular flexibility index (Phi) is 6.33. The molecule has 2 aromatic carbocycles. The highest BCUT2D eigenvalue weighted by Gasteiger charge is 2.36. The second kappa shape index (κ2) is 9.08. The first-order chi connectivity index (χ1) is 16.0. The summed E-state index contributed by atoms with van der Waals surface area (Å²) < 4.78 is 54.6. The van der Waals surface area contributed by atoms with E-state index in [-0.39, 0.29) is 22.5 Å². The van der Waals surface area contributed by atoms with E-state index >= 15 is 0 Å². The third-order valence-electron chi connectivity index (χ3n) is 6.05. The van der Waals surface area contributed by atoms with E-state index in [0.717, 1.165) is 19.3 Å². The van der Waals surface area contributed by atoms with Crippen molar-refractivity contribution in [1.29, 1.82) is 0 Å². The molecule has 6 nitrogen and oxygen atoms in total. The first-order valence-corrected chi connectivity index (χ1v) is 11.0. The highest BCUT2D eigenvalue weighted by molar-refractivity contribution is 6.00. The maximum Gasteiger partial charge on any atom is 0.451 e. The zero-order valence-electron chi connectivity index (χ0n) is 18.8. The van der Waals surface area contributed by atoms with Crippen LogP contribution in [0.15, 0.2) is 30.3 Å². The van der Waals surface area contributed by atoms with Crippen molar-refractivity contribution in [2.75, 3.05) is 23.7 Å². The standard InChI is InChI=1S/C24H25F4N5O/c1-13-10-16(18(25)12-19(13)29)14(2)30-22(34)15-6-7-20-17(11-15)21(33-8-4-3-5-9-33)32-23(31-20)24(26,27)28/h6-7,10-12,14H,3-5,8-9,29H2,1-2H3,(H,30,34)/t14-/m1/s1. The molecule has 0 radical (unpaired) electrons. The Morgan fingerprint density at radius 3 is 2.50 bits per heavy atom. The molecule has 10 heteroatoms. The minimum Gasteiger partial charge on any atom is -0.398 e. The summed E-state index contributed by atoms with van der Waals surface area (Å²) in [6.07, 6.45) is -2.00. The molecule has 0 aliphatic carbocycles. The predicted molar refractivity (Wildman–Crippen MR) is 122 cm³/mol. The van der Waals surface area contributed by atoms with Crippen LogP contribution < -0.4 is 16.0 Å². The summed E-state index contributed by atoms with van der Waals surface area (Å²) in [6.45, 7) is 4.54. The molecule has 1 atom stereocenters. The number of nitrogens with two attached hydrogens (primary N) is 1. The number of halogens is 4. The molecule has 4 rings (SSSR count). The van der Waals surface area contributed by atoms with Crippen molar-refractivity contribution < 1.29 is 22.4 Å². The molecular weight excluding hydrogens is 450 g/mol. The number of piperidine rings is 1. The van der Waals surface area contributed by atoms with Gasteiger partial charge in [-0.05, 0) is 69.0 Å². The van der Waals surface area contributed by atoms with Gasteiger partial charge in [-0.3, -0.25) is 4.79 Å². The number of anilines is 2. The number of nitrogens with zero attached hydrogens (tertiary/aromatic N) is 3. The number of hydrogen-bond acceptors (Lipinski definition) is 5. The lowest BCUT2D eigenvalue weighted by Crippen LogP contribution is -2.31. The fourth-order valence-corrected chi connectivity index (χ4v) is 4.14. The minimum atomic E-state index is -4.69. The van der Waals surface area contributed by atoms with Crippen LogP contribution in [0.25, 0.3) is 10.9 Å². The number of nitrogen functional groups attached to an aromatic ring is 1. The first-order valence-electron chi connectivity index (χ1n) is 11.0. The van der Waals surface area contributed by atoms with Crippen molar-refractivity contribution in [2.24, 2.45) is 0 Å². The van der Waals surface area contributed by atoms with Crippen molar-refractivity contribution in [2.45, 2.75) is 45.3 Å². The molecule has 1 fully saturated rings. The molecule has 0 bridgehead atoms. The first kappa shape index (κ1) is 23.7. The third-order valence-corrected chi connectivity index (χ3v) is 6.05. The number of amides is 1. The number of hydrogen-bond donors (Lipinski definition) is 2. The van der Waals surface area contributed by atoms with Crippen molar-refractivity contribution in [3.05, 3.63) is 58.7 Å². The Morgan fingerprint density at radius 1 is 1.12 bits per heavy atom. The quantitative estimate of drug-likeness (QED) is 0.402. The van der Waals surface area contributed by atoms with E-state index in [0.29, 0.717) is 29.7 Å². The van der Waals surface area contributed by atoms with Crippen LogP contribution in [0, 0.1) is 12.7 Å². The Hall–Kier alpha value is -3.43. The highest BCUT2D eigenvalue weighted by Crippen LogP contribution is 2.33. The van der Waals surface area contributed by atoms with Crippen molar-refractivity contribution in [3.8, 4) is 0 Å². The molecule has 1 aromatic heterocycles. The van der Waals surface area contributed by atoms with E-state index < -0.39 is 29.8 Å². The van der Waals surface area contributed by atoms with Crippen LogP contribution >= 0.6 is 0 Å². The Labute approximate surface area is 194 Å². The number of carbonyl (C=O) groups excluding carboxylic acids is 1. The van der Waals surface area contributed by atoms with Crippen molar-refractivity contribution >= 4 is 28.3 Å². The lowest BCUT2D eigenvalue weighted by molar-refractivity contribution is -0.144. The second-order valence-corrected chi connectivity index (χ2v) is 8.57. The summed E-state index contributed by atoms with van der Waals surface area (Å²) in [5.41, 5.74) is 7.34. The van der Waals surface area contributed by atoms with Crippen LogP contribution in [0.5, 0.6) is 0 Å². The summed E-state index contributed by atoms with van der Waals surface area (Å²) in [6, 6.07) is 6.41. The summed E-state index contributed by atoms with van der Waals surface area (Å²) >= 11 is 0. The number of benzene rings is 2.